The van der Waals surface area contributed by atoms with Crippen LogP contribution in [0.1, 0.15) is 7.43 Å². The van der Waals surface area contributed by atoms with E-state index in [1.54, 1.807) is 0 Å². The molecule has 0 spiro atoms. The van der Waals surface area contributed by atoms with E-state index in [0.29, 0.717) is 0 Å². The lowest BCUT2D eigenvalue weighted by Gasteiger charge is -2.14. The predicted octanol–water partition coefficient (Wildman–Crippen LogP) is 12.7. The molecule has 42 heavy (non-hydrogen) atoms. The van der Waals surface area contributed by atoms with Crippen molar-refractivity contribution in [3.8, 4) is 22.3 Å². The van der Waals surface area contributed by atoms with Gasteiger partial charge in [0.05, 0.1) is 0 Å². The second-order valence-corrected chi connectivity index (χ2v) is 11.0. The van der Waals surface area contributed by atoms with Gasteiger partial charge in [-0.25, -0.2) is 0 Å². The minimum Gasteiger partial charge on any atom is -0.0776 e. The van der Waals surface area contributed by atoms with Crippen molar-refractivity contribution < 1.29 is 0 Å². The van der Waals surface area contributed by atoms with Crippen LogP contribution in [0.25, 0.3) is 65.3 Å². The van der Waals surface area contributed by atoms with E-state index in [-0.39, 0.29) is 7.43 Å². The van der Waals surface area contributed by atoms with Crippen LogP contribution in [0.4, 0.5) is 0 Å². The summed E-state index contributed by atoms with van der Waals surface area (Å²) >= 11 is 3.79. The number of hydrogen-bond acceptors (Lipinski definition) is 0. The van der Waals surface area contributed by atoms with Crippen LogP contribution >= 0.6 is 15.9 Å². The Morgan fingerprint density at radius 1 is 0.310 bits per heavy atom. The first-order valence-electron chi connectivity index (χ1n) is 13.9. The highest BCUT2D eigenvalue weighted by molar-refractivity contribution is 9.10. The molecule has 0 saturated carbocycles. The summed E-state index contributed by atoms with van der Waals surface area (Å²) in [7, 11) is 0. The van der Waals surface area contributed by atoms with Crippen LogP contribution < -0.4 is 0 Å². The van der Waals surface area contributed by atoms with E-state index >= 15 is 0 Å². The van der Waals surface area contributed by atoms with Crippen LogP contribution in [0.15, 0.2) is 168 Å². The highest BCUT2D eigenvalue weighted by atomic mass is 79.9. The maximum atomic E-state index is 3.79. The van der Waals surface area contributed by atoms with Crippen molar-refractivity contribution in [1.29, 1.82) is 0 Å². The molecule has 0 aromatic heterocycles. The molecule has 0 amide bonds. The average Bonchev–Trinajstić information content (AvgIpc) is 3.05. The Balaban J connectivity index is 0.000000147. The molecule has 0 N–H and O–H groups in total. The normalized spacial score (nSPS) is 10.8. The van der Waals surface area contributed by atoms with Crippen LogP contribution in [0.3, 0.4) is 0 Å². The molecule has 0 heterocycles. The SMILES string of the molecule is Brc1c2ccccc2c(-c2ccccc2)c2ccccc12.C.c1ccc(-c2c3ccccc3cc3ccccc23)cc1. The third-order valence-electron chi connectivity index (χ3n) is 7.76. The topological polar surface area (TPSA) is 0 Å². The largest absolute Gasteiger partial charge is 0.0776 e. The van der Waals surface area contributed by atoms with Gasteiger partial charge < -0.3 is 0 Å². The minimum absolute atomic E-state index is 0. The van der Waals surface area contributed by atoms with E-state index < -0.39 is 0 Å². The van der Waals surface area contributed by atoms with Crippen LogP contribution in [0.2, 0.25) is 0 Å². The molecular formula is C41H31Br. The van der Waals surface area contributed by atoms with Crippen molar-refractivity contribution in [2.24, 2.45) is 0 Å². The van der Waals surface area contributed by atoms with Crippen molar-refractivity contribution in [3.63, 3.8) is 0 Å². The van der Waals surface area contributed by atoms with Gasteiger partial charge in [-0.1, -0.05) is 165 Å². The quantitative estimate of drug-likeness (QED) is 0.173. The molecule has 8 rings (SSSR count). The van der Waals surface area contributed by atoms with Crippen molar-refractivity contribution in [2.45, 2.75) is 7.43 Å². The molecule has 202 valence electrons. The standard InChI is InChI=1S/C20H13Br.C20H14.CH4/c21-20-17-12-6-4-10-15(17)19(14-8-2-1-3-9-14)16-11-5-7-13-18(16)20;1-2-8-15(9-3-1)20-18-12-6-4-10-16(18)14-17-11-5-7-13-19(17)20;/h1-13H;1-14H;1H4. The fourth-order valence-electron chi connectivity index (χ4n) is 5.92. The van der Waals surface area contributed by atoms with E-state index in [1.807, 2.05) is 0 Å². The molecule has 0 unspecified atom stereocenters. The molecule has 8 aromatic carbocycles. The lowest BCUT2D eigenvalue weighted by Crippen LogP contribution is -1.86. The van der Waals surface area contributed by atoms with Gasteiger partial charge in [-0.15, -0.1) is 0 Å². The van der Waals surface area contributed by atoms with Gasteiger partial charge in [0.15, 0.2) is 0 Å². The first-order valence-corrected chi connectivity index (χ1v) is 14.7. The van der Waals surface area contributed by atoms with Gasteiger partial charge in [-0.2, -0.15) is 0 Å². The smallest absolute Gasteiger partial charge is 0.0332 e. The van der Waals surface area contributed by atoms with Gasteiger partial charge in [-0.05, 0) is 87.3 Å². The Hall–Kier alpha value is -4.72. The van der Waals surface area contributed by atoms with Crippen LogP contribution in [0, 0.1) is 0 Å². The summed E-state index contributed by atoms with van der Waals surface area (Å²) < 4.78 is 1.17. The molecule has 8 aromatic rings. The maximum Gasteiger partial charge on any atom is 0.0332 e. The number of halogens is 1. The van der Waals surface area contributed by atoms with Crippen LogP contribution in [0.5, 0.6) is 0 Å². The number of benzene rings is 8. The highest BCUT2D eigenvalue weighted by Crippen LogP contribution is 2.41. The van der Waals surface area contributed by atoms with E-state index in [9.17, 15) is 0 Å². The predicted molar refractivity (Wildman–Crippen MR) is 188 cm³/mol. The molecule has 0 fully saturated rings. The summed E-state index contributed by atoms with van der Waals surface area (Å²) in [6, 6.07) is 58.0. The zero-order chi connectivity index (χ0) is 27.6. The summed E-state index contributed by atoms with van der Waals surface area (Å²) in [5, 5.41) is 10.3. The number of fused-ring (bicyclic) bond motifs is 4. The average molecular weight is 604 g/mol. The van der Waals surface area contributed by atoms with Gasteiger partial charge in [0.2, 0.25) is 0 Å². The molecule has 0 aliphatic carbocycles. The van der Waals surface area contributed by atoms with Gasteiger partial charge >= 0.3 is 0 Å². The Bertz CT molecular complexity index is 2030. The Kier molecular flexibility index (Phi) is 7.86. The van der Waals surface area contributed by atoms with Crippen LogP contribution in [-0.2, 0) is 0 Å². The number of hydrogen-bond donors (Lipinski definition) is 0. The molecule has 0 bridgehead atoms. The minimum atomic E-state index is 0. The molecule has 1 heteroatoms. The fourth-order valence-corrected chi connectivity index (χ4v) is 6.61. The third kappa shape index (κ3) is 4.98. The summed E-state index contributed by atoms with van der Waals surface area (Å²) in [5.41, 5.74) is 5.18. The maximum absolute atomic E-state index is 3.79. The van der Waals surface area contributed by atoms with Gasteiger partial charge in [0.1, 0.15) is 0 Å². The Morgan fingerprint density at radius 3 is 1.05 bits per heavy atom. The second kappa shape index (κ2) is 12.0. The summed E-state index contributed by atoms with van der Waals surface area (Å²) in [6.45, 7) is 0. The molecule has 0 atom stereocenters. The van der Waals surface area contributed by atoms with Crippen molar-refractivity contribution in [2.75, 3.05) is 0 Å². The molecular weight excluding hydrogens is 572 g/mol. The summed E-state index contributed by atoms with van der Waals surface area (Å²) in [4.78, 5) is 0. The Morgan fingerprint density at radius 2 is 0.619 bits per heavy atom. The molecule has 0 nitrogen and oxygen atoms in total. The van der Waals surface area contributed by atoms with E-state index in [2.05, 4.69) is 180 Å². The van der Waals surface area contributed by atoms with Crippen molar-refractivity contribution >= 4 is 59.0 Å². The molecule has 0 saturated heterocycles. The van der Waals surface area contributed by atoms with Gasteiger partial charge in [-0.3, -0.25) is 0 Å². The lowest BCUT2D eigenvalue weighted by atomic mass is 9.92. The van der Waals surface area contributed by atoms with Crippen molar-refractivity contribution in [1.82, 2.24) is 0 Å². The summed E-state index contributed by atoms with van der Waals surface area (Å²) in [6.07, 6.45) is 0. The fraction of sp³-hybridized carbons (Fsp3) is 0.0244. The summed E-state index contributed by atoms with van der Waals surface area (Å²) in [5.74, 6) is 0. The molecule has 0 radical (unpaired) electrons. The highest BCUT2D eigenvalue weighted by Gasteiger charge is 2.13. The first-order chi connectivity index (χ1) is 20.3. The van der Waals surface area contributed by atoms with Gasteiger partial charge in [0.25, 0.3) is 0 Å². The number of rotatable bonds is 2. The monoisotopic (exact) mass is 602 g/mol. The lowest BCUT2D eigenvalue weighted by molar-refractivity contribution is 1.66. The van der Waals surface area contributed by atoms with Gasteiger partial charge in [0, 0.05) is 4.47 Å². The third-order valence-corrected chi connectivity index (χ3v) is 8.62. The molecule has 0 aliphatic rings. The molecule has 0 aliphatic heterocycles. The van der Waals surface area contributed by atoms with E-state index in [0.717, 1.165) is 0 Å². The second-order valence-electron chi connectivity index (χ2n) is 10.2. The van der Waals surface area contributed by atoms with E-state index in [1.165, 1.54) is 69.8 Å². The van der Waals surface area contributed by atoms with E-state index in [4.69, 9.17) is 0 Å². The first kappa shape index (κ1) is 27.4. The zero-order valence-corrected chi connectivity index (χ0v) is 24.1. The van der Waals surface area contributed by atoms with Crippen LogP contribution in [-0.4, -0.2) is 0 Å². The van der Waals surface area contributed by atoms with Crippen molar-refractivity contribution in [3.05, 3.63) is 168 Å². The zero-order valence-electron chi connectivity index (χ0n) is 22.5. The Labute approximate surface area is 256 Å².